The lowest BCUT2D eigenvalue weighted by atomic mass is 9.92. The first-order chi connectivity index (χ1) is 10.8. The van der Waals surface area contributed by atoms with E-state index in [1.807, 2.05) is 32.0 Å². The lowest BCUT2D eigenvalue weighted by Gasteiger charge is -2.31. The minimum absolute atomic E-state index is 0.220. The topological polar surface area (TPSA) is 62.6 Å². The van der Waals surface area contributed by atoms with Crippen LogP contribution in [-0.2, 0) is 4.79 Å². The summed E-state index contributed by atoms with van der Waals surface area (Å²) in [5.41, 5.74) is 2.98. The molecule has 1 aromatic carbocycles. The van der Waals surface area contributed by atoms with Crippen molar-refractivity contribution in [2.24, 2.45) is 11.8 Å². The number of benzene rings is 1. The highest BCUT2D eigenvalue weighted by Gasteiger charge is 2.27. The standard InChI is InChI=1S/C18H27N3O2/c1-12-7-13(2)10-21(9-12)11-17(22)20-18(23)19-16-6-5-14(3)15(4)8-16/h5-6,8,12-13H,7,9-11H2,1-4H3,(H2,19,20,22,23)/p+1/t12-,13+. The Morgan fingerprint density at radius 3 is 2.39 bits per heavy atom. The molecule has 1 aliphatic rings. The molecule has 3 atom stereocenters. The van der Waals surface area contributed by atoms with Crippen molar-refractivity contribution in [3.63, 3.8) is 0 Å². The van der Waals surface area contributed by atoms with Crippen LogP contribution in [0.4, 0.5) is 10.5 Å². The van der Waals surface area contributed by atoms with Crippen molar-refractivity contribution >= 4 is 17.6 Å². The van der Waals surface area contributed by atoms with Gasteiger partial charge in [-0.15, -0.1) is 0 Å². The molecule has 1 saturated heterocycles. The van der Waals surface area contributed by atoms with E-state index in [1.165, 1.54) is 16.9 Å². The third-order valence-corrected chi connectivity index (χ3v) is 4.51. The highest BCUT2D eigenvalue weighted by atomic mass is 16.2. The number of quaternary nitrogens is 1. The number of hydrogen-bond acceptors (Lipinski definition) is 2. The lowest BCUT2D eigenvalue weighted by Crippen LogP contribution is -3.15. The molecular weight excluding hydrogens is 290 g/mol. The van der Waals surface area contributed by atoms with Gasteiger partial charge in [-0.1, -0.05) is 19.9 Å². The van der Waals surface area contributed by atoms with Crippen molar-refractivity contribution in [1.82, 2.24) is 5.32 Å². The first-order valence-electron chi connectivity index (χ1n) is 8.35. The van der Waals surface area contributed by atoms with Crippen LogP contribution in [0.1, 0.15) is 31.4 Å². The highest BCUT2D eigenvalue weighted by Crippen LogP contribution is 2.14. The molecule has 0 aromatic heterocycles. The fourth-order valence-electron chi connectivity index (χ4n) is 3.45. The van der Waals surface area contributed by atoms with Gasteiger partial charge in [0.25, 0.3) is 5.91 Å². The van der Waals surface area contributed by atoms with Gasteiger partial charge in [0.1, 0.15) is 0 Å². The summed E-state index contributed by atoms with van der Waals surface area (Å²) in [5, 5.41) is 5.15. The Balaban J connectivity index is 1.82. The second-order valence-electron chi connectivity index (χ2n) is 7.08. The zero-order valence-corrected chi connectivity index (χ0v) is 14.5. The summed E-state index contributed by atoms with van der Waals surface area (Å²) >= 11 is 0. The average Bonchev–Trinajstić information content (AvgIpc) is 2.41. The molecule has 1 fully saturated rings. The van der Waals surface area contributed by atoms with Crippen molar-refractivity contribution in [2.45, 2.75) is 34.1 Å². The van der Waals surface area contributed by atoms with E-state index >= 15 is 0 Å². The third-order valence-electron chi connectivity index (χ3n) is 4.51. The van der Waals surface area contributed by atoms with Crippen LogP contribution in [0.2, 0.25) is 0 Å². The van der Waals surface area contributed by atoms with Crippen molar-refractivity contribution in [3.8, 4) is 0 Å². The van der Waals surface area contributed by atoms with Crippen LogP contribution < -0.4 is 15.5 Å². The number of hydrogen-bond donors (Lipinski definition) is 3. The fraction of sp³-hybridized carbons (Fsp3) is 0.556. The minimum Gasteiger partial charge on any atom is -0.327 e. The highest BCUT2D eigenvalue weighted by molar-refractivity contribution is 6.01. The molecule has 2 rings (SSSR count). The van der Waals surface area contributed by atoms with Gasteiger partial charge in [-0.05, 0) is 43.5 Å². The van der Waals surface area contributed by atoms with Crippen LogP contribution in [0.15, 0.2) is 18.2 Å². The number of carbonyl (C=O) groups is 2. The van der Waals surface area contributed by atoms with Crippen LogP contribution >= 0.6 is 0 Å². The maximum Gasteiger partial charge on any atom is 0.326 e. The van der Waals surface area contributed by atoms with Gasteiger partial charge in [-0.3, -0.25) is 10.1 Å². The molecule has 0 aliphatic carbocycles. The number of anilines is 1. The molecule has 5 heteroatoms. The first-order valence-corrected chi connectivity index (χ1v) is 8.35. The second kappa shape index (κ2) is 7.59. The zero-order valence-electron chi connectivity index (χ0n) is 14.5. The molecule has 1 aliphatic heterocycles. The van der Waals surface area contributed by atoms with Crippen LogP contribution in [0.25, 0.3) is 0 Å². The number of aryl methyl sites for hydroxylation is 2. The number of carbonyl (C=O) groups excluding carboxylic acids is 2. The van der Waals surface area contributed by atoms with Crippen molar-refractivity contribution in [3.05, 3.63) is 29.3 Å². The quantitative estimate of drug-likeness (QED) is 0.791. The zero-order chi connectivity index (χ0) is 17.0. The Hall–Kier alpha value is -1.88. The first kappa shape index (κ1) is 17.5. The van der Waals surface area contributed by atoms with E-state index in [-0.39, 0.29) is 5.91 Å². The number of amides is 3. The number of nitrogens with one attached hydrogen (secondary N) is 3. The Morgan fingerprint density at radius 2 is 1.78 bits per heavy atom. The van der Waals surface area contributed by atoms with E-state index in [1.54, 1.807) is 0 Å². The Labute approximate surface area is 138 Å². The van der Waals surface area contributed by atoms with Gasteiger partial charge < -0.3 is 10.2 Å². The second-order valence-corrected chi connectivity index (χ2v) is 7.08. The minimum atomic E-state index is -0.462. The van der Waals surface area contributed by atoms with Gasteiger partial charge >= 0.3 is 6.03 Å². The molecule has 1 unspecified atom stereocenters. The van der Waals surface area contributed by atoms with Crippen molar-refractivity contribution in [2.75, 3.05) is 25.0 Å². The van der Waals surface area contributed by atoms with Crippen LogP contribution in [0.5, 0.6) is 0 Å². The molecule has 0 spiro atoms. The smallest absolute Gasteiger partial charge is 0.326 e. The number of piperidine rings is 1. The molecule has 23 heavy (non-hydrogen) atoms. The van der Waals surface area contributed by atoms with E-state index in [9.17, 15) is 9.59 Å². The fourth-order valence-corrected chi connectivity index (χ4v) is 3.45. The predicted octanol–water partition coefficient (Wildman–Crippen LogP) is 1.51. The summed E-state index contributed by atoms with van der Waals surface area (Å²) in [6, 6.07) is 5.23. The summed E-state index contributed by atoms with van der Waals surface area (Å²) in [6.07, 6.45) is 1.22. The van der Waals surface area contributed by atoms with E-state index in [2.05, 4.69) is 24.5 Å². The molecular formula is C18H28N3O2+. The number of imide groups is 1. The van der Waals surface area contributed by atoms with Crippen LogP contribution in [0, 0.1) is 25.7 Å². The van der Waals surface area contributed by atoms with Gasteiger partial charge in [-0.2, -0.15) is 0 Å². The molecule has 0 saturated carbocycles. The summed E-state index contributed by atoms with van der Waals surface area (Å²) in [5.74, 6) is 1.04. The molecule has 0 radical (unpaired) electrons. The number of likely N-dealkylation sites (tertiary alicyclic amines) is 1. The van der Waals surface area contributed by atoms with Crippen molar-refractivity contribution in [1.29, 1.82) is 0 Å². The summed E-state index contributed by atoms with van der Waals surface area (Å²) in [4.78, 5) is 25.2. The summed E-state index contributed by atoms with van der Waals surface area (Å²) in [6.45, 7) is 10.8. The SMILES string of the molecule is Cc1ccc(NC(=O)NC(=O)C[NH+]2C[C@H](C)C[C@H](C)C2)cc1C. The summed E-state index contributed by atoms with van der Waals surface area (Å²) < 4.78 is 0. The Bertz CT molecular complexity index is 576. The molecule has 1 aromatic rings. The van der Waals surface area contributed by atoms with Gasteiger partial charge in [0.2, 0.25) is 0 Å². The molecule has 3 N–H and O–H groups in total. The van der Waals surface area contributed by atoms with Crippen molar-refractivity contribution < 1.29 is 14.5 Å². The Kier molecular flexibility index (Phi) is 5.77. The molecule has 126 valence electrons. The Morgan fingerprint density at radius 1 is 1.13 bits per heavy atom. The maximum absolute atomic E-state index is 12.1. The largest absolute Gasteiger partial charge is 0.327 e. The lowest BCUT2D eigenvalue weighted by molar-refractivity contribution is -0.904. The van der Waals surface area contributed by atoms with Crippen LogP contribution in [-0.4, -0.2) is 31.6 Å². The number of urea groups is 1. The van der Waals surface area contributed by atoms with E-state index in [0.29, 0.717) is 24.1 Å². The van der Waals surface area contributed by atoms with E-state index in [0.717, 1.165) is 18.7 Å². The predicted molar refractivity (Wildman–Crippen MR) is 91.6 cm³/mol. The molecule has 1 heterocycles. The molecule has 0 bridgehead atoms. The maximum atomic E-state index is 12.1. The molecule has 5 nitrogen and oxygen atoms in total. The normalized spacial score (nSPS) is 24.1. The van der Waals surface area contributed by atoms with Gasteiger partial charge in [-0.25, -0.2) is 4.79 Å². The summed E-state index contributed by atoms with van der Waals surface area (Å²) in [7, 11) is 0. The van der Waals surface area contributed by atoms with E-state index in [4.69, 9.17) is 0 Å². The van der Waals surface area contributed by atoms with Crippen LogP contribution in [0.3, 0.4) is 0 Å². The van der Waals surface area contributed by atoms with Gasteiger partial charge in [0.15, 0.2) is 6.54 Å². The monoisotopic (exact) mass is 318 g/mol. The van der Waals surface area contributed by atoms with Gasteiger partial charge in [0, 0.05) is 17.5 Å². The molecule has 3 amide bonds. The number of rotatable bonds is 3. The van der Waals surface area contributed by atoms with Gasteiger partial charge in [0.05, 0.1) is 13.1 Å². The van der Waals surface area contributed by atoms with E-state index < -0.39 is 6.03 Å². The third kappa shape index (κ3) is 5.36. The average molecular weight is 318 g/mol.